The van der Waals surface area contributed by atoms with Gasteiger partial charge in [-0.2, -0.15) is 0 Å². The minimum atomic E-state index is -0.417. The number of aliphatic hydroxyl groups is 1. The predicted molar refractivity (Wildman–Crippen MR) is 93.0 cm³/mol. The summed E-state index contributed by atoms with van der Waals surface area (Å²) in [5.41, 5.74) is 2.19. The number of fused-ring (bicyclic) bond motifs is 2. The van der Waals surface area contributed by atoms with Crippen LogP contribution in [0.1, 0.15) is 52.4 Å². The third-order valence-electron chi connectivity index (χ3n) is 4.85. The first-order valence-corrected chi connectivity index (χ1v) is 8.26. The van der Waals surface area contributed by atoms with Crippen LogP contribution >= 0.6 is 0 Å². The van der Waals surface area contributed by atoms with Gasteiger partial charge in [-0.3, -0.25) is 4.79 Å². The highest BCUT2D eigenvalue weighted by molar-refractivity contribution is 6.16. The first-order chi connectivity index (χ1) is 11.9. The Morgan fingerprint density at radius 3 is 2.36 bits per heavy atom. The molecular formula is C20H22O5. The van der Waals surface area contributed by atoms with Gasteiger partial charge in [-0.05, 0) is 34.7 Å². The first kappa shape index (κ1) is 17.5. The Morgan fingerprint density at radius 1 is 1.08 bits per heavy atom. The third kappa shape index (κ3) is 2.69. The van der Waals surface area contributed by atoms with Crippen molar-refractivity contribution in [1.82, 2.24) is 0 Å². The minimum Gasteiger partial charge on any atom is -0.507 e. The highest BCUT2D eigenvalue weighted by atomic mass is 16.5. The van der Waals surface area contributed by atoms with Gasteiger partial charge in [0.1, 0.15) is 11.5 Å². The molecule has 2 unspecified atom stereocenters. The number of aromatic hydroxyl groups is 2. The van der Waals surface area contributed by atoms with Gasteiger partial charge < -0.3 is 20.1 Å². The van der Waals surface area contributed by atoms with Gasteiger partial charge in [0.05, 0.1) is 23.8 Å². The number of hydrogen-bond donors (Lipinski definition) is 3. The number of benzene rings is 2. The third-order valence-corrected chi connectivity index (χ3v) is 4.85. The number of carbonyl (C=O) groups is 1. The Bertz CT molecular complexity index is 825. The van der Waals surface area contributed by atoms with Crippen molar-refractivity contribution in [3.63, 3.8) is 0 Å². The van der Waals surface area contributed by atoms with Crippen molar-refractivity contribution in [2.45, 2.75) is 32.5 Å². The van der Waals surface area contributed by atoms with E-state index < -0.39 is 5.78 Å². The van der Waals surface area contributed by atoms with Crippen LogP contribution in [0, 0.1) is 5.92 Å². The number of rotatable bonds is 4. The standard InChI is InChI=1S/C20H22O5/c1-10(2)20(25-3)16-12-5-4-6-14(22)17(12)19(24)18-13(16)7-11(9-21)8-15(18)23/h4-8,10,16,20-23H,9H2,1-3H3. The number of phenols is 2. The summed E-state index contributed by atoms with van der Waals surface area (Å²) in [6.45, 7) is 3.79. The molecule has 0 aliphatic heterocycles. The molecule has 0 spiro atoms. The van der Waals surface area contributed by atoms with Gasteiger partial charge in [-0.15, -0.1) is 0 Å². The second-order valence-corrected chi connectivity index (χ2v) is 6.73. The van der Waals surface area contributed by atoms with Gasteiger partial charge in [0.25, 0.3) is 0 Å². The lowest BCUT2D eigenvalue weighted by molar-refractivity contribution is 0.0507. The van der Waals surface area contributed by atoms with Crippen LogP contribution in [0.4, 0.5) is 0 Å². The van der Waals surface area contributed by atoms with Crippen molar-refractivity contribution in [3.05, 3.63) is 58.1 Å². The molecule has 1 aliphatic carbocycles. The van der Waals surface area contributed by atoms with Crippen LogP contribution in [-0.4, -0.2) is 34.3 Å². The molecule has 0 radical (unpaired) electrons. The van der Waals surface area contributed by atoms with Crippen LogP contribution in [0.15, 0.2) is 30.3 Å². The number of hydrogen-bond acceptors (Lipinski definition) is 5. The zero-order valence-corrected chi connectivity index (χ0v) is 14.5. The molecule has 0 saturated carbocycles. The molecule has 3 rings (SSSR count). The summed E-state index contributed by atoms with van der Waals surface area (Å²) in [5.74, 6) is -0.921. The van der Waals surface area contributed by atoms with E-state index in [0.717, 1.165) is 0 Å². The van der Waals surface area contributed by atoms with Crippen molar-refractivity contribution in [1.29, 1.82) is 0 Å². The van der Waals surface area contributed by atoms with Crippen molar-refractivity contribution < 1.29 is 24.9 Å². The Labute approximate surface area is 146 Å². The molecule has 132 valence electrons. The maximum atomic E-state index is 13.0. The highest BCUT2D eigenvalue weighted by Crippen LogP contribution is 2.46. The van der Waals surface area contributed by atoms with E-state index in [2.05, 4.69) is 0 Å². The second kappa shape index (κ2) is 6.50. The average molecular weight is 342 g/mol. The zero-order valence-electron chi connectivity index (χ0n) is 14.5. The molecular weight excluding hydrogens is 320 g/mol. The fourth-order valence-electron chi connectivity index (χ4n) is 3.80. The molecule has 1 aliphatic rings. The van der Waals surface area contributed by atoms with E-state index in [0.29, 0.717) is 16.7 Å². The van der Waals surface area contributed by atoms with Crippen LogP contribution in [0.25, 0.3) is 0 Å². The van der Waals surface area contributed by atoms with Crippen molar-refractivity contribution in [2.24, 2.45) is 5.92 Å². The smallest absolute Gasteiger partial charge is 0.201 e. The van der Waals surface area contributed by atoms with Gasteiger partial charge >= 0.3 is 0 Å². The highest BCUT2D eigenvalue weighted by Gasteiger charge is 2.40. The van der Waals surface area contributed by atoms with E-state index in [4.69, 9.17) is 4.74 Å². The Balaban J connectivity index is 2.36. The van der Waals surface area contributed by atoms with Gasteiger partial charge in [0.15, 0.2) is 0 Å². The Kier molecular flexibility index (Phi) is 4.54. The molecule has 2 aromatic carbocycles. The molecule has 0 aromatic heterocycles. The molecule has 25 heavy (non-hydrogen) atoms. The van der Waals surface area contributed by atoms with Crippen LogP contribution in [0.5, 0.6) is 11.5 Å². The van der Waals surface area contributed by atoms with E-state index in [9.17, 15) is 20.1 Å². The van der Waals surface area contributed by atoms with Gasteiger partial charge in [0.2, 0.25) is 5.78 Å². The summed E-state index contributed by atoms with van der Waals surface area (Å²) in [5, 5.41) is 30.2. The molecule has 0 bridgehead atoms. The first-order valence-electron chi connectivity index (χ1n) is 8.26. The summed E-state index contributed by atoms with van der Waals surface area (Å²) in [4.78, 5) is 13.0. The van der Waals surface area contributed by atoms with Crippen LogP contribution in [0.3, 0.4) is 0 Å². The topological polar surface area (TPSA) is 87.0 Å². The molecule has 2 atom stereocenters. The number of ketones is 1. The molecule has 0 saturated heterocycles. The molecule has 0 heterocycles. The Morgan fingerprint density at radius 2 is 1.76 bits per heavy atom. The minimum absolute atomic E-state index is 0.109. The van der Waals surface area contributed by atoms with Crippen molar-refractivity contribution >= 4 is 5.78 Å². The lowest BCUT2D eigenvalue weighted by Crippen LogP contribution is -2.33. The van der Waals surface area contributed by atoms with Gasteiger partial charge in [-0.1, -0.05) is 32.0 Å². The number of aliphatic hydroxyl groups excluding tert-OH is 1. The maximum Gasteiger partial charge on any atom is 0.201 e. The SMILES string of the molecule is COC(C(C)C)C1c2cccc(O)c2C(=O)c2c(O)cc(CO)cc21. The number of phenolic OH excluding ortho intramolecular Hbond substituents is 2. The van der Waals surface area contributed by atoms with Crippen LogP contribution in [0.2, 0.25) is 0 Å². The molecule has 0 fully saturated rings. The summed E-state index contributed by atoms with van der Waals surface area (Å²) in [7, 11) is 1.61. The van der Waals surface area contributed by atoms with E-state index in [1.54, 1.807) is 25.3 Å². The van der Waals surface area contributed by atoms with E-state index >= 15 is 0 Å². The molecule has 3 N–H and O–H groups in total. The molecule has 5 heteroatoms. The average Bonchev–Trinajstić information content (AvgIpc) is 2.57. The van der Waals surface area contributed by atoms with E-state index in [1.165, 1.54) is 12.1 Å². The number of ether oxygens (including phenoxy) is 1. The monoisotopic (exact) mass is 342 g/mol. The molecule has 2 aromatic rings. The Hall–Kier alpha value is -2.37. The zero-order chi connectivity index (χ0) is 18.3. The quantitative estimate of drug-likeness (QED) is 0.795. The maximum absolute atomic E-state index is 13.0. The molecule has 0 amide bonds. The van der Waals surface area contributed by atoms with E-state index in [1.807, 2.05) is 13.8 Å². The summed E-state index contributed by atoms with van der Waals surface area (Å²) < 4.78 is 5.72. The lowest BCUT2D eigenvalue weighted by Gasteiger charge is -2.35. The van der Waals surface area contributed by atoms with Gasteiger partial charge in [0, 0.05) is 13.0 Å². The summed E-state index contributed by atoms with van der Waals surface area (Å²) in [6.07, 6.45) is -0.263. The van der Waals surface area contributed by atoms with Crippen molar-refractivity contribution in [3.8, 4) is 11.5 Å². The number of carbonyl (C=O) groups excluding carboxylic acids is 1. The molecule has 5 nitrogen and oxygen atoms in total. The van der Waals surface area contributed by atoms with Crippen molar-refractivity contribution in [2.75, 3.05) is 7.11 Å². The van der Waals surface area contributed by atoms with Crippen LogP contribution in [-0.2, 0) is 11.3 Å². The lowest BCUT2D eigenvalue weighted by atomic mass is 9.71. The normalized spacial score (nSPS) is 17.3. The summed E-state index contributed by atoms with van der Waals surface area (Å²) in [6, 6.07) is 8.09. The summed E-state index contributed by atoms with van der Waals surface area (Å²) >= 11 is 0. The fraction of sp³-hybridized carbons (Fsp3) is 0.350. The number of methoxy groups -OCH3 is 1. The fourth-order valence-corrected chi connectivity index (χ4v) is 3.80. The second-order valence-electron chi connectivity index (χ2n) is 6.73. The predicted octanol–water partition coefficient (Wildman–Crippen LogP) is 2.94. The van der Waals surface area contributed by atoms with Gasteiger partial charge in [-0.25, -0.2) is 0 Å². The van der Waals surface area contributed by atoms with Crippen LogP contribution < -0.4 is 0 Å². The van der Waals surface area contributed by atoms with E-state index in [-0.39, 0.29) is 47.2 Å². The largest absolute Gasteiger partial charge is 0.507 e.